The zero-order valence-electron chi connectivity index (χ0n) is 8.08. The van der Waals surface area contributed by atoms with Gasteiger partial charge in [-0.25, -0.2) is 9.69 Å². The van der Waals surface area contributed by atoms with Crippen molar-refractivity contribution in [2.24, 2.45) is 0 Å². The topological polar surface area (TPSA) is 46.6 Å². The van der Waals surface area contributed by atoms with Crippen LogP contribution in [0.3, 0.4) is 0 Å². The number of ether oxygens (including phenoxy) is 1. The fraction of sp³-hybridized carbons (Fsp3) is 0.556. The zero-order valence-corrected chi connectivity index (χ0v) is 8.08. The molecule has 0 aromatic rings. The molecule has 0 aliphatic heterocycles. The lowest BCUT2D eigenvalue weighted by Gasteiger charge is -2.17. The molecule has 4 nitrogen and oxygen atoms in total. The minimum absolute atomic E-state index is 0.267. The van der Waals surface area contributed by atoms with Crippen molar-refractivity contribution in [3.8, 4) is 0 Å². The van der Waals surface area contributed by atoms with Crippen LogP contribution in [-0.2, 0) is 9.53 Å². The van der Waals surface area contributed by atoms with E-state index in [9.17, 15) is 9.59 Å². The predicted octanol–water partition coefficient (Wildman–Crippen LogP) is 1.57. The van der Waals surface area contributed by atoms with Crippen LogP contribution in [0, 0.1) is 0 Å². The summed E-state index contributed by atoms with van der Waals surface area (Å²) >= 11 is 0. The van der Waals surface area contributed by atoms with Gasteiger partial charge in [-0.2, -0.15) is 0 Å². The van der Waals surface area contributed by atoms with Crippen LogP contribution in [0.4, 0.5) is 4.79 Å². The molecule has 2 amide bonds. The van der Waals surface area contributed by atoms with Gasteiger partial charge in [-0.05, 0) is 19.4 Å². The molecule has 74 valence electrons. The highest BCUT2D eigenvalue weighted by molar-refractivity contribution is 5.98. The fourth-order valence-electron chi connectivity index (χ4n) is 0.827. The van der Waals surface area contributed by atoms with E-state index in [0.717, 1.165) is 11.0 Å². The third-order valence-electron chi connectivity index (χ3n) is 1.38. The quantitative estimate of drug-likeness (QED) is 0.624. The number of hydrogen-bond acceptors (Lipinski definition) is 3. The molecule has 0 bridgehead atoms. The maximum Gasteiger partial charge on any atom is 0.416 e. The fourth-order valence-corrected chi connectivity index (χ4v) is 0.827. The van der Waals surface area contributed by atoms with Crippen molar-refractivity contribution >= 4 is 12.0 Å². The van der Waals surface area contributed by atoms with E-state index in [-0.39, 0.29) is 6.61 Å². The van der Waals surface area contributed by atoms with Gasteiger partial charge in [0.1, 0.15) is 0 Å². The van der Waals surface area contributed by atoms with Gasteiger partial charge in [-0.1, -0.05) is 13.5 Å². The van der Waals surface area contributed by atoms with Crippen molar-refractivity contribution in [2.75, 3.05) is 13.2 Å². The predicted molar refractivity (Wildman–Crippen MR) is 49.2 cm³/mol. The Morgan fingerprint density at radius 1 is 1.46 bits per heavy atom. The van der Waals surface area contributed by atoms with Crippen LogP contribution in [0.1, 0.15) is 20.3 Å². The summed E-state index contributed by atoms with van der Waals surface area (Å²) in [5.74, 6) is -0.416. The molecular weight excluding hydrogens is 170 g/mol. The highest BCUT2D eigenvalue weighted by Crippen LogP contribution is 1.98. The Balaban J connectivity index is 4.30. The summed E-state index contributed by atoms with van der Waals surface area (Å²) in [5.41, 5.74) is 0. The highest BCUT2D eigenvalue weighted by atomic mass is 16.6. The lowest BCUT2D eigenvalue weighted by molar-refractivity contribution is -0.124. The van der Waals surface area contributed by atoms with E-state index < -0.39 is 12.0 Å². The van der Waals surface area contributed by atoms with E-state index in [1.807, 2.05) is 6.92 Å². The normalized spacial score (nSPS) is 9.08. The minimum atomic E-state index is -0.603. The van der Waals surface area contributed by atoms with Crippen molar-refractivity contribution in [3.05, 3.63) is 12.7 Å². The Morgan fingerprint density at radius 3 is 2.46 bits per heavy atom. The van der Waals surface area contributed by atoms with Gasteiger partial charge >= 0.3 is 6.09 Å². The van der Waals surface area contributed by atoms with E-state index in [1.165, 1.54) is 0 Å². The molecule has 0 saturated heterocycles. The van der Waals surface area contributed by atoms with Crippen LogP contribution in [0.2, 0.25) is 0 Å². The largest absolute Gasteiger partial charge is 0.449 e. The molecule has 0 radical (unpaired) electrons. The number of rotatable bonds is 4. The Bertz CT molecular complexity index is 201. The summed E-state index contributed by atoms with van der Waals surface area (Å²) in [4.78, 5) is 23.3. The summed E-state index contributed by atoms with van der Waals surface area (Å²) in [6, 6.07) is 0. The smallest absolute Gasteiger partial charge is 0.416 e. The molecule has 0 aliphatic rings. The Morgan fingerprint density at radius 2 is 2.08 bits per heavy atom. The van der Waals surface area contributed by atoms with E-state index in [0.29, 0.717) is 13.0 Å². The van der Waals surface area contributed by atoms with Crippen LogP contribution < -0.4 is 0 Å². The maximum atomic E-state index is 11.2. The molecule has 0 saturated carbocycles. The molecule has 0 fully saturated rings. The molecule has 0 N–H and O–H groups in total. The summed E-state index contributed by atoms with van der Waals surface area (Å²) in [6.07, 6.45) is 1.21. The summed E-state index contributed by atoms with van der Waals surface area (Å²) in [5, 5.41) is 0. The number of imide groups is 1. The van der Waals surface area contributed by atoms with Crippen molar-refractivity contribution in [1.82, 2.24) is 4.90 Å². The number of carbonyl (C=O) groups is 2. The zero-order chi connectivity index (χ0) is 10.3. The van der Waals surface area contributed by atoms with Gasteiger partial charge in [0, 0.05) is 6.54 Å². The molecule has 0 aliphatic carbocycles. The van der Waals surface area contributed by atoms with Crippen molar-refractivity contribution < 1.29 is 14.3 Å². The van der Waals surface area contributed by atoms with Gasteiger partial charge < -0.3 is 4.74 Å². The summed E-state index contributed by atoms with van der Waals surface area (Å²) in [7, 11) is 0. The Kier molecular flexibility index (Phi) is 5.59. The molecule has 0 aromatic heterocycles. The first-order chi connectivity index (χ1) is 6.17. The third kappa shape index (κ3) is 3.73. The third-order valence-corrected chi connectivity index (χ3v) is 1.38. The summed E-state index contributed by atoms with van der Waals surface area (Å²) in [6.45, 7) is 7.51. The van der Waals surface area contributed by atoms with Crippen LogP contribution in [0.5, 0.6) is 0 Å². The highest BCUT2D eigenvalue weighted by Gasteiger charge is 2.18. The maximum absolute atomic E-state index is 11.2. The first-order valence-corrected chi connectivity index (χ1v) is 4.28. The second kappa shape index (κ2) is 6.22. The lowest BCUT2D eigenvalue weighted by Crippen LogP contribution is -2.36. The van der Waals surface area contributed by atoms with Crippen molar-refractivity contribution in [1.29, 1.82) is 0 Å². The molecule has 13 heavy (non-hydrogen) atoms. The van der Waals surface area contributed by atoms with Gasteiger partial charge in [-0.15, -0.1) is 0 Å². The first kappa shape index (κ1) is 11.7. The van der Waals surface area contributed by atoms with Gasteiger partial charge in [0.2, 0.25) is 0 Å². The monoisotopic (exact) mass is 185 g/mol. The van der Waals surface area contributed by atoms with Crippen LogP contribution in [0.15, 0.2) is 12.7 Å². The number of carbonyl (C=O) groups excluding carboxylic acids is 2. The average Bonchev–Trinajstić information content (AvgIpc) is 2.13. The summed E-state index contributed by atoms with van der Waals surface area (Å²) < 4.78 is 4.70. The van der Waals surface area contributed by atoms with Gasteiger partial charge in [-0.3, -0.25) is 4.79 Å². The average molecular weight is 185 g/mol. The van der Waals surface area contributed by atoms with Gasteiger partial charge in [0.05, 0.1) is 6.61 Å². The molecular formula is C9H15NO3. The molecule has 0 spiro atoms. The SMILES string of the molecule is C=CC(=O)N(CCC)C(=O)OCC. The molecule has 4 heteroatoms. The first-order valence-electron chi connectivity index (χ1n) is 4.28. The Labute approximate surface area is 78.2 Å². The van der Waals surface area contributed by atoms with Crippen LogP contribution in [0.25, 0.3) is 0 Å². The lowest BCUT2D eigenvalue weighted by atomic mass is 10.4. The van der Waals surface area contributed by atoms with E-state index in [4.69, 9.17) is 4.74 Å². The van der Waals surface area contributed by atoms with Gasteiger partial charge in [0.15, 0.2) is 0 Å². The number of amides is 2. The van der Waals surface area contributed by atoms with E-state index in [1.54, 1.807) is 6.92 Å². The molecule has 0 atom stereocenters. The Hall–Kier alpha value is -1.32. The van der Waals surface area contributed by atoms with Crippen LogP contribution in [-0.4, -0.2) is 30.1 Å². The standard InChI is InChI=1S/C9H15NO3/c1-4-7-10(8(11)5-2)9(12)13-6-3/h5H,2,4,6-7H2,1,3H3. The van der Waals surface area contributed by atoms with Crippen molar-refractivity contribution in [2.45, 2.75) is 20.3 Å². The molecule has 0 aromatic carbocycles. The minimum Gasteiger partial charge on any atom is -0.449 e. The molecule has 0 unspecified atom stereocenters. The van der Waals surface area contributed by atoms with Gasteiger partial charge in [0.25, 0.3) is 5.91 Å². The molecule has 0 rings (SSSR count). The number of nitrogens with zero attached hydrogens (tertiary/aromatic N) is 1. The van der Waals surface area contributed by atoms with E-state index in [2.05, 4.69) is 6.58 Å². The second-order valence-corrected chi connectivity index (χ2v) is 2.39. The second-order valence-electron chi connectivity index (χ2n) is 2.39. The van der Waals surface area contributed by atoms with E-state index >= 15 is 0 Å². The van der Waals surface area contributed by atoms with Crippen LogP contribution >= 0.6 is 0 Å². The van der Waals surface area contributed by atoms with Crippen molar-refractivity contribution in [3.63, 3.8) is 0 Å². The number of hydrogen-bond donors (Lipinski definition) is 0. The molecule has 0 heterocycles.